The van der Waals surface area contributed by atoms with Gasteiger partial charge in [-0.1, -0.05) is 28.1 Å². The summed E-state index contributed by atoms with van der Waals surface area (Å²) < 4.78 is 37.6. The van der Waals surface area contributed by atoms with E-state index in [1.165, 1.54) is 36.4 Å². The highest BCUT2D eigenvalue weighted by Gasteiger charge is 2.39. The van der Waals surface area contributed by atoms with E-state index < -0.39 is 36.3 Å². The summed E-state index contributed by atoms with van der Waals surface area (Å²) in [5, 5.41) is 4.20. The van der Waals surface area contributed by atoms with Crippen molar-refractivity contribution in [2.75, 3.05) is 11.9 Å². The second kappa shape index (κ2) is 8.27. The molecule has 1 heterocycles. The predicted molar refractivity (Wildman–Crippen MR) is 102 cm³/mol. The largest absolute Gasteiger partial charge is 0.471 e. The summed E-state index contributed by atoms with van der Waals surface area (Å²) in [6, 6.07) is 10.1. The Labute approximate surface area is 176 Å². The second-order valence-electron chi connectivity index (χ2n) is 6.32. The molecule has 0 spiro atoms. The van der Waals surface area contributed by atoms with Crippen LogP contribution in [0.15, 0.2) is 46.9 Å². The summed E-state index contributed by atoms with van der Waals surface area (Å²) in [5.41, 5.74) is 0.712. The number of nitrogens with one attached hydrogen (secondary N) is 2. The molecule has 0 aromatic heterocycles. The van der Waals surface area contributed by atoms with Crippen LogP contribution in [0.1, 0.15) is 26.3 Å². The first kappa shape index (κ1) is 21.5. The molecule has 0 radical (unpaired) electrons. The Kier molecular flexibility index (Phi) is 5.92. The SMILES string of the molecule is O=C(CN1C(=O)c2ccc(Br)cc2C1=O)NCc1cccc(NC(=O)C(F)(F)F)c1. The number of benzene rings is 2. The number of halogens is 4. The number of hydrogen-bond acceptors (Lipinski definition) is 4. The van der Waals surface area contributed by atoms with Crippen LogP contribution in [-0.2, 0) is 16.1 Å². The average molecular weight is 484 g/mol. The summed E-state index contributed by atoms with van der Waals surface area (Å²) in [5.74, 6) is -3.92. The third-order valence-electron chi connectivity index (χ3n) is 4.17. The van der Waals surface area contributed by atoms with E-state index in [2.05, 4.69) is 21.2 Å². The van der Waals surface area contributed by atoms with Gasteiger partial charge in [0.15, 0.2) is 0 Å². The van der Waals surface area contributed by atoms with Crippen LogP contribution in [0.25, 0.3) is 0 Å². The van der Waals surface area contributed by atoms with Gasteiger partial charge in [0.1, 0.15) is 6.54 Å². The normalized spacial score (nSPS) is 13.3. The van der Waals surface area contributed by atoms with Gasteiger partial charge in [-0.05, 0) is 35.9 Å². The lowest BCUT2D eigenvalue weighted by Gasteiger charge is -2.14. The summed E-state index contributed by atoms with van der Waals surface area (Å²) in [7, 11) is 0. The van der Waals surface area contributed by atoms with Crippen LogP contribution in [0.2, 0.25) is 0 Å². The molecule has 4 amide bonds. The number of alkyl halides is 3. The molecule has 0 unspecified atom stereocenters. The first-order valence-corrected chi connectivity index (χ1v) is 9.25. The molecule has 2 aromatic rings. The lowest BCUT2D eigenvalue weighted by atomic mass is 10.1. The molecule has 1 aliphatic rings. The van der Waals surface area contributed by atoms with Gasteiger partial charge in [-0.15, -0.1) is 0 Å². The first-order valence-electron chi connectivity index (χ1n) is 8.46. The molecular formula is C19H13BrF3N3O4. The van der Waals surface area contributed by atoms with Crippen LogP contribution in [0.5, 0.6) is 0 Å². The maximum atomic E-state index is 12.4. The maximum Gasteiger partial charge on any atom is 0.471 e. The van der Waals surface area contributed by atoms with Gasteiger partial charge in [0, 0.05) is 16.7 Å². The number of fused-ring (bicyclic) bond motifs is 1. The quantitative estimate of drug-likeness (QED) is 0.639. The Balaban J connectivity index is 1.59. The molecule has 0 fully saturated rings. The van der Waals surface area contributed by atoms with Gasteiger partial charge in [0.25, 0.3) is 11.8 Å². The fraction of sp³-hybridized carbons (Fsp3) is 0.158. The number of anilines is 1. The van der Waals surface area contributed by atoms with Gasteiger partial charge >= 0.3 is 12.1 Å². The number of hydrogen-bond donors (Lipinski definition) is 2. The van der Waals surface area contributed by atoms with Crippen LogP contribution in [0, 0.1) is 0 Å². The Bertz CT molecular complexity index is 1060. The molecular weight excluding hydrogens is 471 g/mol. The topological polar surface area (TPSA) is 95.6 Å². The average Bonchev–Trinajstić information content (AvgIpc) is 2.90. The van der Waals surface area contributed by atoms with Crippen molar-refractivity contribution in [2.24, 2.45) is 0 Å². The second-order valence-corrected chi connectivity index (χ2v) is 7.23. The molecule has 0 saturated carbocycles. The molecule has 0 saturated heterocycles. The zero-order valence-electron chi connectivity index (χ0n) is 15.0. The Morgan fingerprint density at radius 1 is 1.00 bits per heavy atom. The summed E-state index contributed by atoms with van der Waals surface area (Å²) >= 11 is 3.22. The predicted octanol–water partition coefficient (Wildman–Crippen LogP) is 2.86. The van der Waals surface area contributed by atoms with Gasteiger partial charge in [0.05, 0.1) is 11.1 Å². The van der Waals surface area contributed by atoms with Gasteiger partial charge in [-0.25, -0.2) is 0 Å². The van der Waals surface area contributed by atoms with Gasteiger partial charge in [0.2, 0.25) is 5.91 Å². The Hall–Kier alpha value is -3.21. The van der Waals surface area contributed by atoms with Crippen molar-refractivity contribution >= 4 is 45.2 Å². The van der Waals surface area contributed by atoms with E-state index in [1.54, 1.807) is 11.4 Å². The third-order valence-corrected chi connectivity index (χ3v) is 4.66. The molecule has 156 valence electrons. The van der Waals surface area contributed by atoms with E-state index in [4.69, 9.17) is 0 Å². The highest BCUT2D eigenvalue weighted by atomic mass is 79.9. The van der Waals surface area contributed by atoms with Crippen LogP contribution >= 0.6 is 15.9 Å². The molecule has 0 atom stereocenters. The molecule has 11 heteroatoms. The number of carbonyl (C=O) groups is 4. The summed E-state index contributed by atoms with van der Waals surface area (Å²) in [6.45, 7) is -0.586. The molecule has 2 N–H and O–H groups in total. The first-order chi connectivity index (χ1) is 14.1. The van der Waals surface area contributed by atoms with Crippen molar-refractivity contribution in [1.82, 2.24) is 10.2 Å². The molecule has 0 bridgehead atoms. The number of amides is 4. The maximum absolute atomic E-state index is 12.4. The fourth-order valence-electron chi connectivity index (χ4n) is 2.77. The van der Waals surface area contributed by atoms with Gasteiger partial charge in [-0.3, -0.25) is 24.1 Å². The van der Waals surface area contributed by atoms with Crippen molar-refractivity contribution in [1.29, 1.82) is 0 Å². The lowest BCUT2D eigenvalue weighted by Crippen LogP contribution is -2.40. The number of rotatable bonds is 5. The van der Waals surface area contributed by atoms with Gasteiger partial charge in [-0.2, -0.15) is 13.2 Å². The van der Waals surface area contributed by atoms with Gasteiger partial charge < -0.3 is 10.6 Å². The van der Waals surface area contributed by atoms with Crippen molar-refractivity contribution in [3.05, 3.63) is 63.6 Å². The van der Waals surface area contributed by atoms with Crippen molar-refractivity contribution in [2.45, 2.75) is 12.7 Å². The highest BCUT2D eigenvalue weighted by Crippen LogP contribution is 2.25. The molecule has 3 rings (SSSR count). The van der Waals surface area contributed by atoms with E-state index in [-0.39, 0.29) is 23.4 Å². The van der Waals surface area contributed by atoms with Crippen LogP contribution in [0.4, 0.5) is 18.9 Å². The summed E-state index contributed by atoms with van der Waals surface area (Å²) in [4.78, 5) is 48.7. The van der Waals surface area contributed by atoms with E-state index in [9.17, 15) is 32.3 Å². The fourth-order valence-corrected chi connectivity index (χ4v) is 3.13. The number of nitrogens with zero attached hydrogens (tertiary/aromatic N) is 1. The standard InChI is InChI=1S/C19H13BrF3N3O4/c20-11-4-5-13-14(7-11)17(29)26(16(13)28)9-15(27)24-8-10-2-1-3-12(6-10)25-18(30)19(21,22)23/h1-7H,8-9H2,(H,24,27)(H,25,30). The third kappa shape index (κ3) is 4.67. The smallest absolute Gasteiger partial charge is 0.350 e. The number of imide groups is 1. The summed E-state index contributed by atoms with van der Waals surface area (Å²) in [6.07, 6.45) is -5.02. The zero-order chi connectivity index (χ0) is 22.1. The number of carbonyl (C=O) groups excluding carboxylic acids is 4. The Morgan fingerprint density at radius 2 is 1.70 bits per heavy atom. The zero-order valence-corrected chi connectivity index (χ0v) is 16.6. The lowest BCUT2D eigenvalue weighted by molar-refractivity contribution is -0.167. The minimum atomic E-state index is -5.02. The molecule has 30 heavy (non-hydrogen) atoms. The molecule has 0 aliphatic carbocycles. The van der Waals surface area contributed by atoms with E-state index >= 15 is 0 Å². The van der Waals surface area contributed by atoms with E-state index in [0.29, 0.717) is 10.0 Å². The minimum Gasteiger partial charge on any atom is -0.350 e. The molecule has 7 nitrogen and oxygen atoms in total. The van der Waals surface area contributed by atoms with Crippen LogP contribution < -0.4 is 10.6 Å². The Morgan fingerprint density at radius 3 is 2.40 bits per heavy atom. The van der Waals surface area contributed by atoms with E-state index in [0.717, 1.165) is 4.90 Å². The molecule has 1 aliphatic heterocycles. The van der Waals surface area contributed by atoms with E-state index in [1.807, 2.05) is 0 Å². The van der Waals surface area contributed by atoms with Crippen LogP contribution in [-0.4, -0.2) is 41.2 Å². The monoisotopic (exact) mass is 483 g/mol. The van der Waals surface area contributed by atoms with Crippen LogP contribution in [0.3, 0.4) is 0 Å². The highest BCUT2D eigenvalue weighted by molar-refractivity contribution is 9.10. The minimum absolute atomic E-state index is 0.0801. The van der Waals surface area contributed by atoms with Crippen molar-refractivity contribution in [3.8, 4) is 0 Å². The van der Waals surface area contributed by atoms with Crippen molar-refractivity contribution in [3.63, 3.8) is 0 Å². The molecule has 2 aromatic carbocycles. The van der Waals surface area contributed by atoms with Crippen molar-refractivity contribution < 1.29 is 32.3 Å².